The van der Waals surface area contributed by atoms with Gasteiger partial charge in [0.05, 0.1) is 0 Å². The van der Waals surface area contributed by atoms with E-state index in [0.29, 0.717) is 52.3 Å². The lowest BCUT2D eigenvalue weighted by Crippen LogP contribution is -2.29. The lowest BCUT2D eigenvalue weighted by atomic mass is 9.89. The molecular formula is C35H35ClN6O2. The van der Waals surface area contributed by atoms with Gasteiger partial charge >= 0.3 is 0 Å². The number of Topliss-reactive ketones (excluding diaryl/α,β-unsaturated/α-hetero) is 1. The normalized spacial score (nSPS) is 14.2. The number of likely N-dealkylation sites (tertiary alicyclic amines) is 1. The summed E-state index contributed by atoms with van der Waals surface area (Å²) in [6.07, 6.45) is 6.09. The van der Waals surface area contributed by atoms with Crippen molar-refractivity contribution in [3.63, 3.8) is 0 Å². The predicted octanol–water partition coefficient (Wildman–Crippen LogP) is 7.34. The number of nitrogens with one attached hydrogen (secondary N) is 1. The van der Waals surface area contributed by atoms with Crippen LogP contribution in [0.4, 0.5) is 11.6 Å². The Balaban J connectivity index is 1.27. The van der Waals surface area contributed by atoms with Crippen LogP contribution in [-0.2, 0) is 6.54 Å². The minimum atomic E-state index is -0.179. The van der Waals surface area contributed by atoms with Crippen LogP contribution in [0.15, 0.2) is 77.9 Å². The number of anilines is 2. The van der Waals surface area contributed by atoms with E-state index >= 15 is 0 Å². The van der Waals surface area contributed by atoms with Crippen LogP contribution >= 0.6 is 11.6 Å². The van der Waals surface area contributed by atoms with E-state index in [1.807, 2.05) is 38.1 Å². The summed E-state index contributed by atoms with van der Waals surface area (Å²) in [5, 5.41) is 4.48. The zero-order chi connectivity index (χ0) is 30.8. The maximum absolute atomic E-state index is 13.7. The SMILES string of the molecule is CCC(=O)c1cc(-c2ccc(-c3cc4cnc(Nc5ccc(C6CCN(C)CC6)cc5)nc4n(CC)c3=O)c(Cl)c2)ccn1. The largest absolute Gasteiger partial charge is 0.324 e. The second kappa shape index (κ2) is 12.7. The second-order valence-electron chi connectivity index (χ2n) is 11.3. The highest BCUT2D eigenvalue weighted by Gasteiger charge is 2.19. The first-order chi connectivity index (χ1) is 21.3. The molecule has 0 unspecified atom stereocenters. The summed E-state index contributed by atoms with van der Waals surface area (Å²) in [5.41, 5.74) is 5.82. The summed E-state index contributed by atoms with van der Waals surface area (Å²) >= 11 is 6.77. The van der Waals surface area contributed by atoms with Crippen molar-refractivity contribution >= 4 is 40.1 Å². The highest BCUT2D eigenvalue weighted by atomic mass is 35.5. The molecule has 4 heterocycles. The second-order valence-corrected chi connectivity index (χ2v) is 11.7. The smallest absolute Gasteiger partial charge is 0.260 e. The lowest BCUT2D eigenvalue weighted by Gasteiger charge is -2.29. The number of halogens is 1. The Morgan fingerprint density at radius 3 is 2.41 bits per heavy atom. The Bertz CT molecular complexity index is 1890. The van der Waals surface area contributed by atoms with Gasteiger partial charge in [0.25, 0.3) is 5.56 Å². The average molecular weight is 607 g/mol. The van der Waals surface area contributed by atoms with Crippen molar-refractivity contribution < 1.29 is 4.79 Å². The van der Waals surface area contributed by atoms with Crippen LogP contribution in [0.3, 0.4) is 0 Å². The number of pyridine rings is 2. The molecule has 1 saturated heterocycles. The molecule has 0 spiro atoms. The van der Waals surface area contributed by atoms with Crippen molar-refractivity contribution in [2.45, 2.75) is 45.6 Å². The third kappa shape index (κ3) is 6.00. The van der Waals surface area contributed by atoms with Crippen molar-refractivity contribution in [2.24, 2.45) is 0 Å². The van der Waals surface area contributed by atoms with Gasteiger partial charge in [-0.25, -0.2) is 4.98 Å². The van der Waals surface area contributed by atoms with Crippen LogP contribution in [-0.4, -0.2) is 50.3 Å². The summed E-state index contributed by atoms with van der Waals surface area (Å²) in [7, 11) is 2.18. The molecule has 1 aliphatic rings. The van der Waals surface area contributed by atoms with Gasteiger partial charge in [-0.1, -0.05) is 42.8 Å². The van der Waals surface area contributed by atoms with Gasteiger partial charge in [-0.3, -0.25) is 19.1 Å². The highest BCUT2D eigenvalue weighted by Crippen LogP contribution is 2.33. The minimum absolute atomic E-state index is 0.0210. The Kier molecular flexibility index (Phi) is 8.55. The number of piperidine rings is 1. The molecule has 224 valence electrons. The molecule has 0 saturated carbocycles. The van der Waals surface area contributed by atoms with Crippen molar-refractivity contribution in [3.05, 3.63) is 99.7 Å². The molecule has 2 aromatic carbocycles. The zero-order valence-corrected chi connectivity index (χ0v) is 25.9. The first-order valence-electron chi connectivity index (χ1n) is 15.1. The van der Waals surface area contributed by atoms with E-state index in [1.165, 1.54) is 18.4 Å². The Morgan fingerprint density at radius 2 is 1.70 bits per heavy atom. The van der Waals surface area contributed by atoms with Gasteiger partial charge < -0.3 is 10.2 Å². The van der Waals surface area contributed by atoms with Gasteiger partial charge in [-0.05, 0) is 98.9 Å². The molecule has 44 heavy (non-hydrogen) atoms. The number of hydrogen-bond acceptors (Lipinski definition) is 7. The molecule has 1 aliphatic heterocycles. The molecule has 0 amide bonds. The first kappa shape index (κ1) is 29.7. The standard InChI is InChI=1S/C35H35ClN6O2/c1-4-32(43)31-20-25(12-15-37-31)24-8-11-28(30(36)19-24)29-18-26-21-38-35(40-33(26)42(5-2)34(29)44)39-27-9-6-22(7-10-27)23-13-16-41(3)17-14-23/h6-12,15,18-21,23H,4-5,13-14,16-17H2,1-3H3,(H,38,39,40). The fourth-order valence-corrected chi connectivity index (χ4v) is 6.15. The molecule has 0 aliphatic carbocycles. The van der Waals surface area contributed by atoms with Crippen LogP contribution in [0.2, 0.25) is 5.02 Å². The summed E-state index contributed by atoms with van der Waals surface area (Å²) in [6.45, 7) is 6.43. The Hall–Kier alpha value is -4.40. The summed E-state index contributed by atoms with van der Waals surface area (Å²) < 4.78 is 1.65. The van der Waals surface area contributed by atoms with Gasteiger partial charge in [0.1, 0.15) is 11.3 Å². The molecule has 0 bridgehead atoms. The van der Waals surface area contributed by atoms with E-state index in [1.54, 1.807) is 29.1 Å². The molecule has 6 rings (SSSR count). The summed E-state index contributed by atoms with van der Waals surface area (Å²) in [4.78, 5) is 41.7. The van der Waals surface area contributed by atoms with Gasteiger partial charge in [0, 0.05) is 52.6 Å². The van der Waals surface area contributed by atoms with Crippen LogP contribution in [0.1, 0.15) is 55.1 Å². The Labute approximate surface area is 261 Å². The van der Waals surface area contributed by atoms with Crippen molar-refractivity contribution in [1.82, 2.24) is 24.4 Å². The van der Waals surface area contributed by atoms with E-state index in [4.69, 9.17) is 16.6 Å². The van der Waals surface area contributed by atoms with E-state index in [9.17, 15) is 9.59 Å². The van der Waals surface area contributed by atoms with Crippen LogP contribution in [0.5, 0.6) is 0 Å². The van der Waals surface area contributed by atoms with Crippen LogP contribution in [0.25, 0.3) is 33.3 Å². The number of aryl methyl sites for hydroxylation is 1. The molecule has 8 nitrogen and oxygen atoms in total. The first-order valence-corrected chi connectivity index (χ1v) is 15.5. The average Bonchev–Trinajstić information content (AvgIpc) is 3.05. The topological polar surface area (TPSA) is 93.0 Å². The number of fused-ring (bicyclic) bond motifs is 1. The maximum Gasteiger partial charge on any atom is 0.260 e. The fourth-order valence-electron chi connectivity index (χ4n) is 5.87. The molecule has 5 aromatic rings. The molecular weight excluding hydrogens is 572 g/mol. The fraction of sp³-hybridized carbons (Fsp3) is 0.286. The zero-order valence-electron chi connectivity index (χ0n) is 25.2. The molecule has 1 fully saturated rings. The van der Waals surface area contributed by atoms with E-state index in [-0.39, 0.29) is 11.3 Å². The van der Waals surface area contributed by atoms with Crippen LogP contribution < -0.4 is 10.9 Å². The van der Waals surface area contributed by atoms with Crippen molar-refractivity contribution in [1.29, 1.82) is 0 Å². The van der Waals surface area contributed by atoms with Gasteiger partial charge in [-0.2, -0.15) is 4.98 Å². The lowest BCUT2D eigenvalue weighted by molar-refractivity contribution is 0.0983. The molecule has 0 atom stereocenters. The number of carbonyl (C=O) groups is 1. The van der Waals surface area contributed by atoms with Gasteiger partial charge in [0.2, 0.25) is 5.95 Å². The van der Waals surface area contributed by atoms with E-state index in [2.05, 4.69) is 51.5 Å². The summed E-state index contributed by atoms with van der Waals surface area (Å²) in [5.74, 6) is 1.00. The van der Waals surface area contributed by atoms with E-state index in [0.717, 1.165) is 35.3 Å². The number of aromatic nitrogens is 4. The number of rotatable bonds is 8. The third-order valence-electron chi connectivity index (χ3n) is 8.46. The number of carbonyl (C=O) groups excluding carboxylic acids is 1. The van der Waals surface area contributed by atoms with E-state index < -0.39 is 0 Å². The third-order valence-corrected chi connectivity index (χ3v) is 8.77. The monoisotopic (exact) mass is 606 g/mol. The van der Waals surface area contributed by atoms with Crippen molar-refractivity contribution in [3.8, 4) is 22.3 Å². The molecule has 9 heteroatoms. The number of ketones is 1. The van der Waals surface area contributed by atoms with Gasteiger partial charge in [0.15, 0.2) is 5.78 Å². The molecule has 0 radical (unpaired) electrons. The molecule has 3 aromatic heterocycles. The predicted molar refractivity (Wildman–Crippen MR) is 177 cm³/mol. The number of nitrogens with zero attached hydrogens (tertiary/aromatic N) is 5. The van der Waals surface area contributed by atoms with Crippen LogP contribution in [0, 0.1) is 0 Å². The summed E-state index contributed by atoms with van der Waals surface area (Å²) in [6, 6.07) is 19.5. The quantitative estimate of drug-likeness (QED) is 0.185. The Morgan fingerprint density at radius 1 is 0.955 bits per heavy atom. The minimum Gasteiger partial charge on any atom is -0.324 e. The van der Waals surface area contributed by atoms with Crippen molar-refractivity contribution in [2.75, 3.05) is 25.5 Å². The molecule has 1 N–H and O–H groups in total. The maximum atomic E-state index is 13.7. The van der Waals surface area contributed by atoms with Gasteiger partial charge in [-0.15, -0.1) is 0 Å². The highest BCUT2D eigenvalue weighted by molar-refractivity contribution is 6.33. The number of hydrogen-bond donors (Lipinski definition) is 1. The number of benzene rings is 2.